The first-order valence-corrected chi connectivity index (χ1v) is 7.77. The van der Waals surface area contributed by atoms with Crippen LogP contribution in [0.15, 0.2) is 43.2 Å². The highest BCUT2D eigenvalue weighted by molar-refractivity contribution is 5.88. The smallest absolute Gasteiger partial charge is 0.319 e. The fourth-order valence-electron chi connectivity index (χ4n) is 2.80. The predicted octanol–water partition coefficient (Wildman–Crippen LogP) is 1.61. The highest BCUT2D eigenvalue weighted by Gasteiger charge is 2.32. The number of hydrogen-bond acceptors (Lipinski definition) is 5. The molecule has 24 heavy (non-hydrogen) atoms. The molecule has 2 atom stereocenters. The molecule has 0 aromatic carbocycles. The maximum Gasteiger partial charge on any atom is 0.319 e. The van der Waals surface area contributed by atoms with Crippen LogP contribution < -0.4 is 10.6 Å². The fourth-order valence-corrected chi connectivity index (χ4v) is 2.80. The van der Waals surface area contributed by atoms with Gasteiger partial charge in [0.2, 0.25) is 0 Å². The third-order valence-electron chi connectivity index (χ3n) is 3.89. The number of alkyl halides is 1. The van der Waals surface area contributed by atoms with Crippen LogP contribution in [0.2, 0.25) is 0 Å². The van der Waals surface area contributed by atoms with E-state index in [4.69, 9.17) is 0 Å². The third-order valence-corrected chi connectivity index (χ3v) is 3.89. The summed E-state index contributed by atoms with van der Waals surface area (Å²) in [5.74, 6) is 0. The lowest BCUT2D eigenvalue weighted by atomic mass is 10.2. The SMILES string of the molecule is O=C(NC[C@@H]1C[C@H](F)CN1Cc1cncnc1)Nc1cccnc1. The number of halogens is 1. The van der Waals surface area contributed by atoms with Gasteiger partial charge in [0.15, 0.2) is 0 Å². The van der Waals surface area contributed by atoms with Crippen LogP contribution >= 0.6 is 0 Å². The van der Waals surface area contributed by atoms with Gasteiger partial charge in [0, 0.05) is 49.8 Å². The van der Waals surface area contributed by atoms with E-state index in [2.05, 4.69) is 25.6 Å². The van der Waals surface area contributed by atoms with Crippen molar-refractivity contribution in [2.75, 3.05) is 18.4 Å². The Morgan fingerprint density at radius 2 is 2.12 bits per heavy atom. The van der Waals surface area contributed by atoms with Crippen LogP contribution in [0, 0.1) is 0 Å². The summed E-state index contributed by atoms with van der Waals surface area (Å²) in [6, 6.07) is 3.11. The van der Waals surface area contributed by atoms with E-state index in [9.17, 15) is 9.18 Å². The van der Waals surface area contributed by atoms with Gasteiger partial charge in [-0.3, -0.25) is 9.88 Å². The molecule has 3 heterocycles. The number of amides is 2. The molecule has 7 nitrogen and oxygen atoms in total. The van der Waals surface area contributed by atoms with Crippen molar-refractivity contribution in [1.82, 2.24) is 25.2 Å². The molecule has 2 aromatic heterocycles. The lowest BCUT2D eigenvalue weighted by Gasteiger charge is -2.24. The molecule has 0 unspecified atom stereocenters. The molecule has 0 spiro atoms. The number of rotatable bonds is 5. The van der Waals surface area contributed by atoms with Crippen molar-refractivity contribution < 1.29 is 9.18 Å². The van der Waals surface area contributed by atoms with E-state index in [1.165, 1.54) is 6.33 Å². The van der Waals surface area contributed by atoms with Crippen LogP contribution in [0.3, 0.4) is 0 Å². The lowest BCUT2D eigenvalue weighted by Crippen LogP contribution is -2.41. The number of nitrogens with one attached hydrogen (secondary N) is 2. The Balaban J connectivity index is 1.52. The molecule has 2 N–H and O–H groups in total. The van der Waals surface area contributed by atoms with Gasteiger partial charge in [0.1, 0.15) is 12.5 Å². The second-order valence-corrected chi connectivity index (χ2v) is 5.74. The van der Waals surface area contributed by atoms with Gasteiger partial charge < -0.3 is 10.6 Å². The number of pyridine rings is 1. The van der Waals surface area contributed by atoms with E-state index in [0.29, 0.717) is 31.7 Å². The average molecular weight is 330 g/mol. The fraction of sp³-hybridized carbons (Fsp3) is 0.375. The summed E-state index contributed by atoms with van der Waals surface area (Å²) in [7, 11) is 0. The standard InChI is InChI=1S/C16H19FN6O/c17-13-4-15(23(10-13)9-12-5-19-11-20-6-12)8-21-16(24)22-14-2-1-3-18-7-14/h1-3,5-7,11,13,15H,4,8-10H2,(H2,21,22,24)/t13-,15-/m0/s1. The molecule has 1 aliphatic rings. The second-order valence-electron chi connectivity index (χ2n) is 5.74. The first-order chi connectivity index (χ1) is 11.7. The molecule has 1 aliphatic heterocycles. The summed E-state index contributed by atoms with van der Waals surface area (Å²) in [6.45, 7) is 1.30. The van der Waals surface area contributed by atoms with Crippen LogP contribution in [0.5, 0.6) is 0 Å². The van der Waals surface area contributed by atoms with E-state index in [1.807, 2.05) is 4.90 Å². The van der Waals surface area contributed by atoms with Crippen molar-refractivity contribution in [2.24, 2.45) is 0 Å². The van der Waals surface area contributed by atoms with Gasteiger partial charge >= 0.3 is 6.03 Å². The number of likely N-dealkylation sites (tertiary alicyclic amines) is 1. The van der Waals surface area contributed by atoms with Crippen molar-refractivity contribution >= 4 is 11.7 Å². The Morgan fingerprint density at radius 1 is 1.29 bits per heavy atom. The minimum absolute atomic E-state index is 0.0557. The van der Waals surface area contributed by atoms with E-state index in [1.54, 1.807) is 36.9 Å². The summed E-state index contributed by atoms with van der Waals surface area (Å²) >= 11 is 0. The molecule has 1 saturated heterocycles. The molecule has 2 amide bonds. The number of carbonyl (C=O) groups is 1. The molecule has 0 aliphatic carbocycles. The van der Waals surface area contributed by atoms with Gasteiger partial charge in [-0.05, 0) is 18.6 Å². The molecule has 0 bridgehead atoms. The summed E-state index contributed by atoms with van der Waals surface area (Å²) in [4.78, 5) is 25.8. The number of hydrogen-bond donors (Lipinski definition) is 2. The normalized spacial score (nSPS) is 20.7. The van der Waals surface area contributed by atoms with Crippen LogP contribution in [0.4, 0.5) is 14.9 Å². The number of nitrogens with zero attached hydrogens (tertiary/aromatic N) is 4. The summed E-state index contributed by atoms with van der Waals surface area (Å²) in [5.41, 5.74) is 1.54. The summed E-state index contributed by atoms with van der Waals surface area (Å²) in [6.07, 6.45) is 7.62. The lowest BCUT2D eigenvalue weighted by molar-refractivity contribution is 0.224. The summed E-state index contributed by atoms with van der Waals surface area (Å²) in [5, 5.41) is 5.49. The Bertz CT molecular complexity index is 656. The molecule has 3 rings (SSSR count). The monoisotopic (exact) mass is 330 g/mol. The van der Waals surface area contributed by atoms with Crippen molar-refractivity contribution in [3.63, 3.8) is 0 Å². The number of anilines is 1. The third kappa shape index (κ3) is 4.45. The predicted molar refractivity (Wildman–Crippen MR) is 87.0 cm³/mol. The second kappa shape index (κ2) is 7.78. The maximum absolute atomic E-state index is 13.8. The molecule has 0 saturated carbocycles. The van der Waals surface area contributed by atoms with Gasteiger partial charge in [-0.1, -0.05) is 0 Å². The average Bonchev–Trinajstić information content (AvgIpc) is 2.94. The van der Waals surface area contributed by atoms with E-state index in [0.717, 1.165) is 5.56 Å². The Kier molecular flexibility index (Phi) is 5.27. The van der Waals surface area contributed by atoms with Gasteiger partial charge in [-0.2, -0.15) is 0 Å². The quantitative estimate of drug-likeness (QED) is 0.870. The number of aromatic nitrogens is 3. The van der Waals surface area contributed by atoms with E-state index < -0.39 is 6.17 Å². The molecule has 8 heteroatoms. The largest absolute Gasteiger partial charge is 0.336 e. The first kappa shape index (κ1) is 16.3. The number of carbonyl (C=O) groups excluding carboxylic acids is 1. The zero-order chi connectivity index (χ0) is 16.8. The molecule has 2 aromatic rings. The van der Waals surface area contributed by atoms with Crippen LogP contribution in [-0.2, 0) is 6.54 Å². The first-order valence-electron chi connectivity index (χ1n) is 7.77. The van der Waals surface area contributed by atoms with Gasteiger partial charge in [0.25, 0.3) is 0 Å². The molecule has 0 radical (unpaired) electrons. The molecule has 126 valence electrons. The Morgan fingerprint density at radius 3 is 2.88 bits per heavy atom. The van der Waals surface area contributed by atoms with E-state index >= 15 is 0 Å². The highest BCUT2D eigenvalue weighted by Crippen LogP contribution is 2.22. The topological polar surface area (TPSA) is 83.0 Å². The zero-order valence-corrected chi connectivity index (χ0v) is 13.1. The van der Waals surface area contributed by atoms with Gasteiger partial charge in [0.05, 0.1) is 11.9 Å². The highest BCUT2D eigenvalue weighted by atomic mass is 19.1. The van der Waals surface area contributed by atoms with Crippen LogP contribution in [0.1, 0.15) is 12.0 Å². The zero-order valence-electron chi connectivity index (χ0n) is 13.1. The maximum atomic E-state index is 13.8. The van der Waals surface area contributed by atoms with Gasteiger partial charge in [-0.15, -0.1) is 0 Å². The Labute approximate surface area is 139 Å². The molecule has 1 fully saturated rings. The minimum atomic E-state index is -0.886. The van der Waals surface area contributed by atoms with Crippen LogP contribution in [0.25, 0.3) is 0 Å². The number of urea groups is 1. The van der Waals surface area contributed by atoms with Crippen molar-refractivity contribution in [2.45, 2.75) is 25.2 Å². The van der Waals surface area contributed by atoms with Crippen molar-refractivity contribution in [3.8, 4) is 0 Å². The summed E-state index contributed by atoms with van der Waals surface area (Å²) < 4.78 is 13.8. The minimum Gasteiger partial charge on any atom is -0.336 e. The van der Waals surface area contributed by atoms with Crippen molar-refractivity contribution in [3.05, 3.63) is 48.8 Å². The van der Waals surface area contributed by atoms with Crippen LogP contribution in [-0.4, -0.2) is 51.2 Å². The van der Waals surface area contributed by atoms with Crippen molar-refractivity contribution in [1.29, 1.82) is 0 Å². The Hall–Kier alpha value is -2.61. The molecular formula is C16H19FN6O. The van der Waals surface area contributed by atoms with Gasteiger partial charge in [-0.25, -0.2) is 19.2 Å². The van der Waals surface area contributed by atoms with E-state index in [-0.39, 0.29) is 12.1 Å². The molecular weight excluding hydrogens is 311 g/mol.